The number of hydrogen-bond acceptors (Lipinski definition) is 7. The number of nitrogens with zero attached hydrogens (tertiary/aromatic N) is 2. The van der Waals surface area contributed by atoms with Crippen LogP contribution >= 0.6 is 11.3 Å². The van der Waals surface area contributed by atoms with Crippen molar-refractivity contribution < 1.29 is 14.2 Å². The van der Waals surface area contributed by atoms with E-state index in [-0.39, 0.29) is 0 Å². The van der Waals surface area contributed by atoms with Gasteiger partial charge in [0.2, 0.25) is 0 Å². The van der Waals surface area contributed by atoms with Crippen LogP contribution < -0.4 is 19.5 Å². The molecule has 0 unspecified atom stereocenters. The van der Waals surface area contributed by atoms with Gasteiger partial charge in [0.1, 0.15) is 22.7 Å². The Hall–Kier alpha value is -3.32. The lowest BCUT2D eigenvalue weighted by Crippen LogP contribution is -2.05. The molecule has 0 aliphatic rings. The van der Waals surface area contributed by atoms with Crippen LogP contribution in [0.3, 0.4) is 0 Å². The molecule has 0 saturated heterocycles. The SMILES string of the molecule is COc1cc(OC)c(OC)cc1CNc1ncnc2scc(-c3ccccc3)c12. The first-order valence-electron chi connectivity index (χ1n) is 9.05. The van der Waals surface area contributed by atoms with E-state index in [0.29, 0.717) is 23.8 Å². The number of anilines is 1. The van der Waals surface area contributed by atoms with Crippen molar-refractivity contribution in [1.29, 1.82) is 0 Å². The van der Waals surface area contributed by atoms with E-state index in [2.05, 4.69) is 32.8 Å². The minimum absolute atomic E-state index is 0.514. The summed E-state index contributed by atoms with van der Waals surface area (Å²) in [5, 5.41) is 6.58. The highest BCUT2D eigenvalue weighted by molar-refractivity contribution is 7.17. The Kier molecular flexibility index (Phi) is 5.48. The van der Waals surface area contributed by atoms with Gasteiger partial charge in [0.25, 0.3) is 0 Å². The molecule has 29 heavy (non-hydrogen) atoms. The molecule has 2 aromatic carbocycles. The average Bonchev–Trinajstić information content (AvgIpc) is 3.22. The predicted octanol–water partition coefficient (Wildman–Crippen LogP) is 5.00. The maximum Gasteiger partial charge on any atom is 0.164 e. The van der Waals surface area contributed by atoms with Crippen molar-refractivity contribution in [3.63, 3.8) is 0 Å². The van der Waals surface area contributed by atoms with Gasteiger partial charge in [-0.25, -0.2) is 9.97 Å². The summed E-state index contributed by atoms with van der Waals surface area (Å²) in [6.07, 6.45) is 1.59. The van der Waals surface area contributed by atoms with Crippen molar-refractivity contribution in [2.45, 2.75) is 6.54 Å². The molecule has 148 valence electrons. The Morgan fingerprint density at radius 2 is 1.62 bits per heavy atom. The van der Waals surface area contributed by atoms with Crippen molar-refractivity contribution in [2.75, 3.05) is 26.6 Å². The van der Waals surface area contributed by atoms with Crippen molar-refractivity contribution >= 4 is 27.4 Å². The number of methoxy groups -OCH3 is 3. The van der Waals surface area contributed by atoms with E-state index in [4.69, 9.17) is 14.2 Å². The summed E-state index contributed by atoms with van der Waals surface area (Å²) in [7, 11) is 4.86. The van der Waals surface area contributed by atoms with Crippen LogP contribution in [-0.4, -0.2) is 31.3 Å². The fourth-order valence-electron chi connectivity index (χ4n) is 3.25. The van der Waals surface area contributed by atoms with E-state index in [1.165, 1.54) is 0 Å². The molecule has 1 N–H and O–H groups in total. The van der Waals surface area contributed by atoms with E-state index < -0.39 is 0 Å². The average molecular weight is 407 g/mol. The van der Waals surface area contributed by atoms with Gasteiger partial charge in [-0.3, -0.25) is 0 Å². The third-order valence-corrected chi connectivity index (χ3v) is 5.57. The maximum absolute atomic E-state index is 5.54. The third kappa shape index (κ3) is 3.69. The topological polar surface area (TPSA) is 65.5 Å². The highest BCUT2D eigenvalue weighted by Crippen LogP contribution is 2.38. The summed E-state index contributed by atoms with van der Waals surface area (Å²) < 4.78 is 16.3. The van der Waals surface area contributed by atoms with E-state index in [1.54, 1.807) is 39.0 Å². The Balaban J connectivity index is 1.70. The second-order valence-corrected chi connectivity index (χ2v) is 7.15. The largest absolute Gasteiger partial charge is 0.496 e. The number of aromatic nitrogens is 2. The monoisotopic (exact) mass is 407 g/mol. The molecule has 0 amide bonds. The summed E-state index contributed by atoms with van der Waals surface area (Å²) in [6, 6.07) is 14.0. The van der Waals surface area contributed by atoms with Gasteiger partial charge >= 0.3 is 0 Å². The number of fused-ring (bicyclic) bond motifs is 1. The van der Waals surface area contributed by atoms with Gasteiger partial charge in [0.05, 0.1) is 26.7 Å². The number of nitrogens with one attached hydrogen (secondary N) is 1. The van der Waals surface area contributed by atoms with Crippen LogP contribution in [0.25, 0.3) is 21.3 Å². The highest BCUT2D eigenvalue weighted by atomic mass is 32.1. The van der Waals surface area contributed by atoms with Gasteiger partial charge in [-0.1, -0.05) is 30.3 Å². The van der Waals surface area contributed by atoms with Crippen LogP contribution in [0.15, 0.2) is 54.2 Å². The lowest BCUT2D eigenvalue weighted by atomic mass is 10.1. The van der Waals surface area contributed by atoms with Gasteiger partial charge in [-0.05, 0) is 11.6 Å². The summed E-state index contributed by atoms with van der Waals surface area (Å²) in [6.45, 7) is 0.514. The van der Waals surface area contributed by atoms with E-state index >= 15 is 0 Å². The van der Waals surface area contributed by atoms with Gasteiger partial charge < -0.3 is 19.5 Å². The Morgan fingerprint density at radius 3 is 2.34 bits per heavy atom. The molecule has 7 heteroatoms. The summed E-state index contributed by atoms with van der Waals surface area (Å²) in [5.74, 6) is 2.78. The third-order valence-electron chi connectivity index (χ3n) is 4.69. The second-order valence-electron chi connectivity index (χ2n) is 6.29. The van der Waals surface area contributed by atoms with Crippen LogP contribution in [-0.2, 0) is 6.54 Å². The Bertz CT molecular complexity index is 1130. The molecular weight excluding hydrogens is 386 g/mol. The molecule has 0 radical (unpaired) electrons. The number of hydrogen-bond donors (Lipinski definition) is 1. The molecule has 0 fully saturated rings. The number of thiophene rings is 1. The van der Waals surface area contributed by atoms with Gasteiger partial charge in [-0.2, -0.15) is 0 Å². The van der Waals surface area contributed by atoms with Crippen LogP contribution in [0.1, 0.15) is 5.56 Å². The van der Waals surface area contributed by atoms with Crippen molar-refractivity contribution in [2.24, 2.45) is 0 Å². The fourth-order valence-corrected chi connectivity index (χ4v) is 4.16. The highest BCUT2D eigenvalue weighted by Gasteiger charge is 2.15. The zero-order chi connectivity index (χ0) is 20.2. The second kappa shape index (κ2) is 8.36. The first kappa shape index (κ1) is 19.0. The summed E-state index contributed by atoms with van der Waals surface area (Å²) >= 11 is 1.61. The van der Waals surface area contributed by atoms with Crippen molar-refractivity contribution in [3.8, 4) is 28.4 Å². The molecule has 0 aliphatic heterocycles. The molecule has 4 rings (SSSR count). The molecule has 6 nitrogen and oxygen atoms in total. The van der Waals surface area contributed by atoms with Crippen LogP contribution in [0.5, 0.6) is 17.2 Å². The standard InChI is InChI=1S/C22H21N3O3S/c1-26-17-10-19(28-3)18(27-2)9-15(17)11-23-21-20-16(14-7-5-4-6-8-14)12-29-22(20)25-13-24-21/h4-10,12-13H,11H2,1-3H3,(H,23,24,25). The minimum atomic E-state index is 0.514. The summed E-state index contributed by atoms with van der Waals surface area (Å²) in [5.41, 5.74) is 3.20. The van der Waals surface area contributed by atoms with Crippen LogP contribution in [0.2, 0.25) is 0 Å². The quantitative estimate of drug-likeness (QED) is 0.465. The lowest BCUT2D eigenvalue weighted by molar-refractivity contribution is 0.347. The van der Waals surface area contributed by atoms with Gasteiger partial charge in [-0.15, -0.1) is 11.3 Å². The Morgan fingerprint density at radius 1 is 0.897 bits per heavy atom. The van der Waals surface area contributed by atoms with E-state index in [9.17, 15) is 0 Å². The molecular formula is C22H21N3O3S. The molecule has 4 aromatic rings. The predicted molar refractivity (Wildman–Crippen MR) is 116 cm³/mol. The van der Waals surface area contributed by atoms with E-state index in [0.717, 1.165) is 32.7 Å². The minimum Gasteiger partial charge on any atom is -0.496 e. The smallest absolute Gasteiger partial charge is 0.164 e. The number of ether oxygens (including phenoxy) is 3. The van der Waals surface area contributed by atoms with Crippen LogP contribution in [0, 0.1) is 0 Å². The number of benzene rings is 2. The first-order valence-corrected chi connectivity index (χ1v) is 9.93. The van der Waals surface area contributed by atoms with E-state index in [1.807, 2.05) is 30.3 Å². The molecule has 2 heterocycles. The van der Waals surface area contributed by atoms with Gasteiger partial charge in [0, 0.05) is 29.1 Å². The first-order chi connectivity index (χ1) is 14.2. The van der Waals surface area contributed by atoms with Crippen LogP contribution in [0.4, 0.5) is 5.82 Å². The van der Waals surface area contributed by atoms with Gasteiger partial charge in [0.15, 0.2) is 11.5 Å². The molecule has 0 bridgehead atoms. The molecule has 2 aromatic heterocycles. The number of rotatable bonds is 7. The molecule has 0 saturated carbocycles. The normalized spacial score (nSPS) is 10.7. The fraction of sp³-hybridized carbons (Fsp3) is 0.182. The van der Waals surface area contributed by atoms with Crippen molar-refractivity contribution in [1.82, 2.24) is 9.97 Å². The molecule has 0 aliphatic carbocycles. The Labute approximate surface area is 173 Å². The summed E-state index contributed by atoms with van der Waals surface area (Å²) in [4.78, 5) is 9.88. The molecule has 0 spiro atoms. The molecule has 0 atom stereocenters. The zero-order valence-electron chi connectivity index (χ0n) is 16.4. The van der Waals surface area contributed by atoms with Crippen molar-refractivity contribution in [3.05, 3.63) is 59.7 Å². The zero-order valence-corrected chi connectivity index (χ0v) is 17.2. The maximum atomic E-state index is 5.54. The lowest BCUT2D eigenvalue weighted by Gasteiger charge is -2.15.